The Morgan fingerprint density at radius 1 is 1.24 bits per heavy atom. The van der Waals surface area contributed by atoms with Gasteiger partial charge >= 0.3 is 11.9 Å². The number of hydrogen-bond acceptors (Lipinski definition) is 6. The molecule has 1 rings (SSSR count). The Hall–Kier alpha value is -1.43. The highest BCUT2D eigenvalue weighted by molar-refractivity contribution is 7.07. The summed E-state index contributed by atoms with van der Waals surface area (Å²) in [6.45, 7) is 7.85. The zero-order valence-corrected chi connectivity index (χ0v) is 13.9. The number of esters is 2. The molecule has 0 aromatic carbocycles. The third-order valence-electron chi connectivity index (χ3n) is 3.06. The Bertz CT molecular complexity index is 438. The lowest BCUT2D eigenvalue weighted by Crippen LogP contribution is -2.45. The van der Waals surface area contributed by atoms with Crippen LogP contribution in [-0.4, -0.2) is 30.1 Å². The summed E-state index contributed by atoms with van der Waals surface area (Å²) >= 11 is 1.43. The average Bonchev–Trinajstić information content (AvgIpc) is 2.90. The van der Waals surface area contributed by atoms with Gasteiger partial charge in [-0.15, -0.1) is 11.3 Å². The predicted octanol–water partition coefficient (Wildman–Crippen LogP) is 2.84. The minimum atomic E-state index is -1.31. The van der Waals surface area contributed by atoms with Gasteiger partial charge in [-0.25, -0.2) is 4.98 Å². The third-order valence-corrected chi connectivity index (χ3v) is 3.69. The normalized spacial score (nSPS) is 11.5. The van der Waals surface area contributed by atoms with Crippen molar-refractivity contribution in [3.63, 3.8) is 0 Å². The molecule has 0 fully saturated rings. The van der Waals surface area contributed by atoms with Crippen LogP contribution in [0.3, 0.4) is 0 Å². The van der Waals surface area contributed by atoms with Crippen molar-refractivity contribution in [2.75, 3.05) is 13.2 Å². The van der Waals surface area contributed by atoms with Crippen LogP contribution in [0.2, 0.25) is 0 Å². The predicted molar refractivity (Wildman–Crippen MR) is 81.0 cm³/mol. The topological polar surface area (TPSA) is 65.5 Å². The molecule has 0 bridgehead atoms. The first-order chi connectivity index (χ1) is 9.96. The standard InChI is InChI=1S/C15H23NO4S/c1-5-19-13(17)15(7-11(3)4,14(18)20-6-2)8-12-9-21-10-16-12/h9-11H,5-8H2,1-4H3. The number of carbonyl (C=O) groups excluding carboxylic acids is 2. The highest BCUT2D eigenvalue weighted by atomic mass is 32.1. The van der Waals surface area contributed by atoms with Crippen LogP contribution >= 0.6 is 11.3 Å². The number of aromatic nitrogens is 1. The average molecular weight is 313 g/mol. The summed E-state index contributed by atoms with van der Waals surface area (Å²) in [4.78, 5) is 29.2. The van der Waals surface area contributed by atoms with Gasteiger partial charge in [0.05, 0.1) is 24.4 Å². The van der Waals surface area contributed by atoms with Gasteiger partial charge in [0.1, 0.15) is 0 Å². The molecular formula is C15H23NO4S. The Morgan fingerprint density at radius 3 is 2.19 bits per heavy atom. The van der Waals surface area contributed by atoms with Crippen molar-refractivity contribution in [2.45, 2.75) is 40.5 Å². The molecule has 0 N–H and O–H groups in total. The molecule has 0 spiro atoms. The molecule has 1 heterocycles. The van der Waals surface area contributed by atoms with Crippen molar-refractivity contribution >= 4 is 23.3 Å². The van der Waals surface area contributed by atoms with Crippen LogP contribution < -0.4 is 0 Å². The molecule has 6 heteroatoms. The molecule has 5 nitrogen and oxygen atoms in total. The summed E-state index contributed by atoms with van der Waals surface area (Å²) in [6.07, 6.45) is 0.592. The van der Waals surface area contributed by atoms with Gasteiger partial charge in [0, 0.05) is 11.8 Å². The summed E-state index contributed by atoms with van der Waals surface area (Å²) in [5.74, 6) is -0.896. The van der Waals surface area contributed by atoms with Crippen molar-refractivity contribution < 1.29 is 19.1 Å². The molecule has 0 saturated carbocycles. The SMILES string of the molecule is CCOC(=O)C(Cc1cscn1)(CC(C)C)C(=O)OCC. The lowest BCUT2D eigenvalue weighted by Gasteiger charge is -2.30. The monoisotopic (exact) mass is 313 g/mol. The van der Waals surface area contributed by atoms with Crippen LogP contribution in [0.15, 0.2) is 10.9 Å². The van der Waals surface area contributed by atoms with Crippen molar-refractivity contribution in [1.29, 1.82) is 0 Å². The van der Waals surface area contributed by atoms with E-state index in [1.54, 1.807) is 19.4 Å². The van der Waals surface area contributed by atoms with E-state index in [2.05, 4.69) is 4.98 Å². The molecule has 0 amide bonds. The molecule has 21 heavy (non-hydrogen) atoms. The van der Waals surface area contributed by atoms with Gasteiger partial charge in [0.2, 0.25) is 0 Å². The largest absolute Gasteiger partial charge is 0.465 e. The van der Waals surface area contributed by atoms with Crippen LogP contribution in [-0.2, 0) is 25.5 Å². The Morgan fingerprint density at radius 2 is 1.81 bits per heavy atom. The number of rotatable bonds is 8. The molecule has 0 radical (unpaired) electrons. The van der Waals surface area contributed by atoms with E-state index < -0.39 is 17.4 Å². The maximum absolute atomic E-state index is 12.5. The second-order valence-corrected chi connectivity index (χ2v) is 6.00. The van der Waals surface area contributed by atoms with Crippen molar-refractivity contribution in [1.82, 2.24) is 4.98 Å². The van der Waals surface area contributed by atoms with Gasteiger partial charge in [-0.2, -0.15) is 0 Å². The highest BCUT2D eigenvalue weighted by Gasteiger charge is 2.49. The van der Waals surface area contributed by atoms with Gasteiger partial charge in [-0.3, -0.25) is 9.59 Å². The Kier molecular flexibility index (Phi) is 6.81. The summed E-state index contributed by atoms with van der Waals surface area (Å²) in [5.41, 5.74) is 1.08. The Balaban J connectivity index is 3.18. The summed E-state index contributed by atoms with van der Waals surface area (Å²) < 4.78 is 10.3. The first-order valence-electron chi connectivity index (χ1n) is 7.17. The number of carbonyl (C=O) groups is 2. The maximum atomic E-state index is 12.5. The fraction of sp³-hybridized carbons (Fsp3) is 0.667. The van der Waals surface area contributed by atoms with E-state index in [4.69, 9.17) is 9.47 Å². The molecule has 0 unspecified atom stereocenters. The second-order valence-electron chi connectivity index (χ2n) is 5.28. The van der Waals surface area contributed by atoms with Gasteiger partial charge < -0.3 is 9.47 Å². The molecule has 1 aromatic heterocycles. The third kappa shape index (κ3) is 4.52. The van der Waals surface area contributed by atoms with Crippen molar-refractivity contribution in [3.05, 3.63) is 16.6 Å². The fourth-order valence-corrected chi connectivity index (χ4v) is 2.89. The first kappa shape index (κ1) is 17.6. The van der Waals surface area contributed by atoms with Gasteiger partial charge in [0.25, 0.3) is 0 Å². The minimum Gasteiger partial charge on any atom is -0.465 e. The van der Waals surface area contributed by atoms with E-state index in [1.807, 2.05) is 19.2 Å². The number of hydrogen-bond donors (Lipinski definition) is 0. The van der Waals surface area contributed by atoms with Crippen LogP contribution in [0.1, 0.15) is 39.8 Å². The van der Waals surface area contributed by atoms with Crippen LogP contribution in [0.25, 0.3) is 0 Å². The van der Waals surface area contributed by atoms with E-state index in [9.17, 15) is 9.59 Å². The van der Waals surface area contributed by atoms with E-state index in [-0.39, 0.29) is 25.6 Å². The van der Waals surface area contributed by atoms with Gasteiger partial charge in [-0.1, -0.05) is 13.8 Å². The smallest absolute Gasteiger partial charge is 0.323 e. The molecule has 0 saturated heterocycles. The molecule has 118 valence electrons. The van der Waals surface area contributed by atoms with Crippen molar-refractivity contribution in [2.24, 2.45) is 11.3 Å². The van der Waals surface area contributed by atoms with Gasteiger partial charge in [0.15, 0.2) is 5.41 Å². The molecule has 0 aliphatic heterocycles. The molecular weight excluding hydrogens is 290 g/mol. The first-order valence-corrected chi connectivity index (χ1v) is 8.12. The quantitative estimate of drug-likeness (QED) is 0.545. The summed E-state index contributed by atoms with van der Waals surface area (Å²) in [5, 5.41) is 1.84. The highest BCUT2D eigenvalue weighted by Crippen LogP contribution is 2.34. The number of nitrogens with zero attached hydrogens (tertiary/aromatic N) is 1. The van der Waals surface area contributed by atoms with E-state index in [1.165, 1.54) is 11.3 Å². The van der Waals surface area contributed by atoms with E-state index in [0.717, 1.165) is 0 Å². The molecule has 1 aromatic rings. The maximum Gasteiger partial charge on any atom is 0.323 e. The molecule has 0 atom stereocenters. The van der Waals surface area contributed by atoms with Crippen LogP contribution in [0.4, 0.5) is 0 Å². The number of thiazole rings is 1. The van der Waals surface area contributed by atoms with Crippen molar-refractivity contribution in [3.8, 4) is 0 Å². The lowest BCUT2D eigenvalue weighted by molar-refractivity contribution is -0.173. The second kappa shape index (κ2) is 8.12. The van der Waals surface area contributed by atoms with Crippen LogP contribution in [0, 0.1) is 11.3 Å². The molecule has 0 aliphatic carbocycles. The summed E-state index contributed by atoms with van der Waals surface area (Å²) in [7, 11) is 0. The lowest BCUT2D eigenvalue weighted by atomic mass is 9.76. The molecule has 0 aliphatic rings. The zero-order chi connectivity index (χ0) is 15.9. The zero-order valence-electron chi connectivity index (χ0n) is 13.0. The Labute approximate surface area is 129 Å². The van der Waals surface area contributed by atoms with E-state index in [0.29, 0.717) is 12.1 Å². The van der Waals surface area contributed by atoms with Crippen LogP contribution in [0.5, 0.6) is 0 Å². The minimum absolute atomic E-state index is 0.150. The number of ether oxygens (including phenoxy) is 2. The summed E-state index contributed by atoms with van der Waals surface area (Å²) in [6, 6.07) is 0. The van der Waals surface area contributed by atoms with E-state index >= 15 is 0 Å². The fourth-order valence-electron chi connectivity index (χ4n) is 2.34. The van der Waals surface area contributed by atoms with Gasteiger partial charge in [-0.05, 0) is 26.2 Å².